The van der Waals surface area contributed by atoms with E-state index in [0.717, 1.165) is 30.7 Å². The molecule has 0 radical (unpaired) electrons. The Morgan fingerprint density at radius 1 is 1.24 bits per heavy atom. The number of rotatable bonds is 3. The molecule has 2 aliphatic rings. The Kier molecular flexibility index (Phi) is 4.35. The van der Waals surface area contributed by atoms with Crippen LogP contribution in [0.15, 0.2) is 29.1 Å². The zero-order chi connectivity index (χ0) is 17.4. The van der Waals surface area contributed by atoms with Crippen LogP contribution in [0.1, 0.15) is 6.42 Å². The zero-order valence-corrected chi connectivity index (χ0v) is 14.5. The van der Waals surface area contributed by atoms with Crippen molar-refractivity contribution in [2.45, 2.75) is 19.0 Å². The zero-order valence-electron chi connectivity index (χ0n) is 14.5. The third kappa shape index (κ3) is 3.21. The molecule has 1 amide bonds. The van der Waals surface area contributed by atoms with Crippen molar-refractivity contribution in [3.05, 3.63) is 34.7 Å². The lowest BCUT2D eigenvalue weighted by molar-refractivity contribution is -0.134. The van der Waals surface area contributed by atoms with E-state index >= 15 is 0 Å². The minimum Gasteiger partial charge on any atom is -0.379 e. The number of hydrogen-bond acceptors (Lipinski definition) is 4. The Morgan fingerprint density at radius 2 is 2.08 bits per heavy atom. The van der Waals surface area contributed by atoms with E-state index in [-0.39, 0.29) is 17.6 Å². The molecule has 3 heterocycles. The topological polar surface area (TPSA) is 70.6 Å². The van der Waals surface area contributed by atoms with Gasteiger partial charge in [0.05, 0.1) is 30.3 Å². The van der Waals surface area contributed by atoms with E-state index < -0.39 is 0 Å². The number of aryl methyl sites for hydroxylation is 1. The number of nitrogens with zero attached hydrogens (tertiary/aromatic N) is 3. The standard InChI is InChI=1S/C18H24N4O3/c1-20-8-13-9-22(14(10-20)12-25-11-13)17(23)6-7-21-16-5-3-2-4-15(16)19-18(21)24/h2-5,13-14H,6-12H2,1H3,(H,19,24)/t13-,14-/m0/s1. The summed E-state index contributed by atoms with van der Waals surface area (Å²) in [6.07, 6.45) is 0.328. The second-order valence-electron chi connectivity index (χ2n) is 7.17. The Morgan fingerprint density at radius 3 is 2.96 bits per heavy atom. The molecule has 2 fully saturated rings. The summed E-state index contributed by atoms with van der Waals surface area (Å²) in [5.41, 5.74) is 1.49. The van der Waals surface area contributed by atoms with Crippen molar-refractivity contribution in [2.24, 2.45) is 5.92 Å². The summed E-state index contributed by atoms with van der Waals surface area (Å²) in [6.45, 7) is 4.26. The highest BCUT2D eigenvalue weighted by molar-refractivity contribution is 5.78. The first kappa shape index (κ1) is 16.4. The maximum atomic E-state index is 12.9. The number of aromatic amines is 1. The summed E-state index contributed by atoms with van der Waals surface area (Å²) in [4.78, 5) is 32.1. The van der Waals surface area contributed by atoms with Crippen LogP contribution < -0.4 is 5.69 Å². The van der Waals surface area contributed by atoms with Crippen LogP contribution in [0.4, 0.5) is 0 Å². The molecule has 0 aliphatic carbocycles. The Balaban J connectivity index is 1.50. The maximum absolute atomic E-state index is 12.9. The molecule has 1 aromatic heterocycles. The molecule has 0 spiro atoms. The average Bonchev–Trinajstić information content (AvgIpc) is 2.70. The number of ether oxygens (including phenoxy) is 1. The molecule has 1 N–H and O–H groups in total. The third-order valence-corrected chi connectivity index (χ3v) is 5.20. The monoisotopic (exact) mass is 344 g/mol. The van der Waals surface area contributed by atoms with Crippen LogP contribution in [0.2, 0.25) is 0 Å². The summed E-state index contributed by atoms with van der Waals surface area (Å²) < 4.78 is 7.39. The largest absolute Gasteiger partial charge is 0.379 e. The average molecular weight is 344 g/mol. The van der Waals surface area contributed by atoms with Gasteiger partial charge in [-0.15, -0.1) is 0 Å². The number of nitrogens with one attached hydrogen (secondary N) is 1. The van der Waals surface area contributed by atoms with Gasteiger partial charge in [0.1, 0.15) is 0 Å². The number of aromatic nitrogens is 2. The lowest BCUT2D eigenvalue weighted by Gasteiger charge is -2.29. The SMILES string of the molecule is CN1C[C@@H]2COC[C@H](C1)N(C(=O)CCn1c(=O)[nH]c3ccccc31)C2. The van der Waals surface area contributed by atoms with Gasteiger partial charge in [-0.05, 0) is 19.2 Å². The van der Waals surface area contributed by atoms with Crippen LogP contribution in [-0.2, 0) is 16.1 Å². The number of para-hydroxylation sites is 2. The van der Waals surface area contributed by atoms with E-state index in [2.05, 4.69) is 16.9 Å². The van der Waals surface area contributed by atoms with E-state index in [1.807, 2.05) is 29.2 Å². The fraction of sp³-hybridized carbons (Fsp3) is 0.556. The number of hydrogen-bond donors (Lipinski definition) is 1. The van der Waals surface area contributed by atoms with Crippen LogP contribution >= 0.6 is 0 Å². The highest BCUT2D eigenvalue weighted by atomic mass is 16.5. The van der Waals surface area contributed by atoms with Crippen molar-refractivity contribution >= 4 is 16.9 Å². The molecule has 7 nitrogen and oxygen atoms in total. The smallest absolute Gasteiger partial charge is 0.326 e. The summed E-state index contributed by atoms with van der Waals surface area (Å²) in [6, 6.07) is 7.67. The van der Waals surface area contributed by atoms with Gasteiger partial charge in [-0.3, -0.25) is 9.36 Å². The predicted octanol–water partition coefficient (Wildman–Crippen LogP) is 0.509. The van der Waals surface area contributed by atoms with Crippen LogP contribution in [-0.4, -0.2) is 71.2 Å². The number of carbonyl (C=O) groups is 1. The molecule has 7 heteroatoms. The van der Waals surface area contributed by atoms with Gasteiger partial charge in [0, 0.05) is 38.5 Å². The molecule has 2 bridgehead atoms. The van der Waals surface area contributed by atoms with E-state index in [4.69, 9.17) is 4.74 Å². The highest BCUT2D eigenvalue weighted by Crippen LogP contribution is 2.20. The molecule has 1 aromatic carbocycles. The number of fused-ring (bicyclic) bond motifs is 4. The summed E-state index contributed by atoms with van der Waals surface area (Å²) >= 11 is 0. The Labute approximate surface area is 146 Å². The molecule has 2 aromatic rings. The van der Waals surface area contributed by atoms with Gasteiger partial charge in [-0.2, -0.15) is 0 Å². The van der Waals surface area contributed by atoms with Crippen molar-refractivity contribution in [2.75, 3.05) is 39.9 Å². The van der Waals surface area contributed by atoms with E-state index in [0.29, 0.717) is 32.1 Å². The van der Waals surface area contributed by atoms with Gasteiger partial charge < -0.3 is 19.5 Å². The molecular formula is C18H24N4O3. The Bertz CT molecular complexity index is 827. The van der Waals surface area contributed by atoms with Crippen molar-refractivity contribution in [1.82, 2.24) is 19.4 Å². The van der Waals surface area contributed by atoms with Gasteiger partial charge in [-0.25, -0.2) is 4.79 Å². The number of likely N-dealkylation sites (N-methyl/N-ethyl adjacent to an activating group) is 1. The molecule has 2 aliphatic heterocycles. The van der Waals surface area contributed by atoms with E-state index in [1.165, 1.54) is 0 Å². The maximum Gasteiger partial charge on any atom is 0.326 e. The van der Waals surface area contributed by atoms with Gasteiger partial charge in [0.25, 0.3) is 0 Å². The van der Waals surface area contributed by atoms with Crippen molar-refractivity contribution in [1.29, 1.82) is 0 Å². The fourth-order valence-electron chi connectivity index (χ4n) is 4.06. The van der Waals surface area contributed by atoms with Gasteiger partial charge >= 0.3 is 5.69 Å². The molecule has 25 heavy (non-hydrogen) atoms. The van der Waals surface area contributed by atoms with Crippen LogP contribution in [0.5, 0.6) is 0 Å². The van der Waals surface area contributed by atoms with Gasteiger partial charge in [-0.1, -0.05) is 12.1 Å². The second-order valence-corrected chi connectivity index (χ2v) is 7.17. The fourth-order valence-corrected chi connectivity index (χ4v) is 4.06. The molecule has 0 saturated carbocycles. The van der Waals surface area contributed by atoms with Crippen LogP contribution in [0.3, 0.4) is 0 Å². The lowest BCUT2D eigenvalue weighted by Crippen LogP contribution is -2.46. The normalized spacial score (nSPS) is 24.4. The number of H-pyrrole nitrogens is 1. The van der Waals surface area contributed by atoms with E-state index in [9.17, 15) is 9.59 Å². The van der Waals surface area contributed by atoms with Crippen molar-refractivity contribution in [3.8, 4) is 0 Å². The number of carbonyl (C=O) groups excluding carboxylic acids is 1. The molecular weight excluding hydrogens is 320 g/mol. The summed E-state index contributed by atoms with van der Waals surface area (Å²) in [7, 11) is 2.10. The second kappa shape index (κ2) is 6.65. The number of imidazole rings is 1. The third-order valence-electron chi connectivity index (χ3n) is 5.20. The highest BCUT2D eigenvalue weighted by Gasteiger charge is 2.34. The molecule has 2 saturated heterocycles. The first-order chi connectivity index (χ1) is 12.1. The predicted molar refractivity (Wildman–Crippen MR) is 94.5 cm³/mol. The van der Waals surface area contributed by atoms with Gasteiger partial charge in [0.15, 0.2) is 0 Å². The minimum atomic E-state index is -0.160. The van der Waals surface area contributed by atoms with Gasteiger partial charge in [0.2, 0.25) is 5.91 Å². The Hall–Kier alpha value is -2.12. The minimum absolute atomic E-state index is 0.102. The number of amides is 1. The van der Waals surface area contributed by atoms with Crippen LogP contribution in [0.25, 0.3) is 11.0 Å². The summed E-state index contributed by atoms with van der Waals surface area (Å²) in [5.74, 6) is 0.463. The molecule has 2 atom stereocenters. The molecule has 134 valence electrons. The molecule has 0 unspecified atom stereocenters. The lowest BCUT2D eigenvalue weighted by atomic mass is 10.1. The van der Waals surface area contributed by atoms with Crippen molar-refractivity contribution in [3.63, 3.8) is 0 Å². The summed E-state index contributed by atoms with van der Waals surface area (Å²) in [5, 5.41) is 0. The quantitative estimate of drug-likeness (QED) is 0.881. The molecule has 4 rings (SSSR count). The first-order valence-electron chi connectivity index (χ1n) is 8.85. The van der Waals surface area contributed by atoms with Crippen molar-refractivity contribution < 1.29 is 9.53 Å². The van der Waals surface area contributed by atoms with Crippen LogP contribution in [0, 0.1) is 5.92 Å². The van der Waals surface area contributed by atoms with E-state index in [1.54, 1.807) is 4.57 Å². The number of benzene rings is 1. The first-order valence-corrected chi connectivity index (χ1v) is 8.85.